The number of aromatic amines is 1. The third-order valence-electron chi connectivity index (χ3n) is 5.87. The number of rotatable bonds is 5. The normalized spacial score (nSPS) is 17.3. The number of nitrogens with zero attached hydrogens (tertiary/aromatic N) is 4. The van der Waals surface area contributed by atoms with Crippen molar-refractivity contribution in [1.29, 1.82) is 0 Å². The van der Waals surface area contributed by atoms with Crippen LogP contribution in [0.3, 0.4) is 0 Å². The van der Waals surface area contributed by atoms with Crippen molar-refractivity contribution in [3.05, 3.63) is 59.9 Å². The average molecular weight is 397 g/mol. The van der Waals surface area contributed by atoms with Crippen LogP contribution in [0.25, 0.3) is 17.0 Å². The molecule has 0 saturated heterocycles. The molecule has 0 amide bonds. The second kappa shape index (κ2) is 7.46. The number of halogens is 2. The Morgan fingerprint density at radius 3 is 2.72 bits per heavy atom. The van der Waals surface area contributed by atoms with Gasteiger partial charge in [-0.1, -0.05) is 26.5 Å². The summed E-state index contributed by atoms with van der Waals surface area (Å²) in [7, 11) is 0. The van der Waals surface area contributed by atoms with Crippen molar-refractivity contribution in [2.24, 2.45) is 0 Å². The summed E-state index contributed by atoms with van der Waals surface area (Å²) >= 11 is 0. The number of hydrogen-bond donors (Lipinski definition) is 1. The zero-order valence-corrected chi connectivity index (χ0v) is 16.9. The van der Waals surface area contributed by atoms with E-state index in [4.69, 9.17) is 0 Å². The van der Waals surface area contributed by atoms with Crippen molar-refractivity contribution >= 4 is 11.5 Å². The summed E-state index contributed by atoms with van der Waals surface area (Å²) in [5, 5.41) is 11.9. The average Bonchev–Trinajstić information content (AvgIpc) is 3.34. The second-order valence-electron chi connectivity index (χ2n) is 7.67. The molecular formula is C22H25F2N5. The lowest BCUT2D eigenvalue weighted by Gasteiger charge is -2.35. The minimum Gasteiger partial charge on any atom is -0.326 e. The van der Waals surface area contributed by atoms with Crippen molar-refractivity contribution in [1.82, 2.24) is 20.0 Å². The molecule has 29 heavy (non-hydrogen) atoms. The summed E-state index contributed by atoms with van der Waals surface area (Å²) < 4.78 is 30.8. The predicted octanol–water partition coefficient (Wildman–Crippen LogP) is 5.51. The first-order valence-electron chi connectivity index (χ1n) is 9.96. The van der Waals surface area contributed by atoms with Crippen LogP contribution >= 0.6 is 0 Å². The van der Waals surface area contributed by atoms with E-state index in [9.17, 15) is 8.78 Å². The molecule has 3 heterocycles. The van der Waals surface area contributed by atoms with Gasteiger partial charge < -0.3 is 4.90 Å². The van der Waals surface area contributed by atoms with Crippen molar-refractivity contribution in [2.75, 3.05) is 11.4 Å². The van der Waals surface area contributed by atoms with E-state index in [2.05, 4.69) is 42.6 Å². The molecule has 0 fully saturated rings. The molecule has 3 aromatic rings. The van der Waals surface area contributed by atoms with E-state index in [1.807, 2.05) is 15.8 Å². The molecule has 0 saturated carbocycles. The second-order valence-corrected chi connectivity index (χ2v) is 7.67. The highest BCUT2D eigenvalue weighted by atomic mass is 19.1. The van der Waals surface area contributed by atoms with E-state index >= 15 is 0 Å². The molecule has 2 aromatic heterocycles. The molecule has 0 spiro atoms. The lowest BCUT2D eigenvalue weighted by molar-refractivity contribution is 0.436. The van der Waals surface area contributed by atoms with E-state index in [1.54, 1.807) is 6.20 Å². The van der Waals surface area contributed by atoms with E-state index in [1.165, 1.54) is 18.2 Å². The molecule has 1 aromatic carbocycles. The molecule has 0 aliphatic carbocycles. The Labute approximate surface area is 169 Å². The number of H-pyrrole nitrogens is 1. The van der Waals surface area contributed by atoms with Crippen molar-refractivity contribution in [2.45, 2.75) is 45.6 Å². The van der Waals surface area contributed by atoms with Crippen molar-refractivity contribution in [3.63, 3.8) is 0 Å². The van der Waals surface area contributed by atoms with Gasteiger partial charge in [-0.25, -0.2) is 13.5 Å². The Hall–Kier alpha value is -2.96. The number of nitrogens with one attached hydrogen (secondary N) is 1. The number of aromatic nitrogens is 4. The Morgan fingerprint density at radius 2 is 2.03 bits per heavy atom. The molecule has 7 heteroatoms. The number of fused-ring (bicyclic) bond motifs is 1. The fraction of sp³-hybridized carbons (Fsp3) is 0.364. The van der Waals surface area contributed by atoms with Crippen LogP contribution in [0.1, 0.15) is 56.7 Å². The highest BCUT2D eigenvalue weighted by molar-refractivity contribution is 5.86. The summed E-state index contributed by atoms with van der Waals surface area (Å²) in [4.78, 5) is 1.87. The maximum absolute atomic E-state index is 14.5. The molecule has 1 N–H and O–H groups in total. The fourth-order valence-corrected chi connectivity index (χ4v) is 3.94. The van der Waals surface area contributed by atoms with Gasteiger partial charge in [0.25, 0.3) is 0 Å². The molecule has 152 valence electrons. The van der Waals surface area contributed by atoms with Crippen LogP contribution < -0.4 is 4.90 Å². The highest BCUT2D eigenvalue weighted by Crippen LogP contribution is 2.42. The van der Waals surface area contributed by atoms with Crippen LogP contribution in [0.5, 0.6) is 0 Å². The van der Waals surface area contributed by atoms with Gasteiger partial charge >= 0.3 is 0 Å². The molecule has 0 bridgehead atoms. The lowest BCUT2D eigenvalue weighted by atomic mass is 9.96. The van der Waals surface area contributed by atoms with Gasteiger partial charge in [0.05, 0.1) is 35.3 Å². The van der Waals surface area contributed by atoms with E-state index < -0.39 is 11.6 Å². The zero-order valence-electron chi connectivity index (χ0n) is 16.9. The number of hydrogen-bond acceptors (Lipinski definition) is 3. The summed E-state index contributed by atoms with van der Waals surface area (Å²) in [6.07, 6.45) is 5.41. The van der Waals surface area contributed by atoms with Crippen LogP contribution in [-0.4, -0.2) is 26.5 Å². The molecule has 1 aliphatic rings. The molecule has 0 radical (unpaired) electrons. The molecule has 4 rings (SSSR count). The first-order chi connectivity index (χ1) is 13.9. The Kier molecular flexibility index (Phi) is 4.98. The third kappa shape index (κ3) is 3.14. The summed E-state index contributed by atoms with van der Waals surface area (Å²) in [5.74, 6) is -0.141. The van der Waals surface area contributed by atoms with Crippen LogP contribution in [-0.2, 0) is 0 Å². The standard InChI is InChI=1S/C22H25F2N5/c1-5-13(2)16-11-25-27-21(16)17-12-26-29-14(3)9-10-28(22(17)29)15(4)20-18(23)7-6-8-19(20)24/h6-8,11-14H,4-5,9-10H2,1-3H3,(H,25,27). The quantitative estimate of drug-likeness (QED) is 0.618. The van der Waals surface area contributed by atoms with Gasteiger partial charge in [0, 0.05) is 17.8 Å². The third-order valence-corrected chi connectivity index (χ3v) is 5.87. The van der Waals surface area contributed by atoms with Crippen LogP contribution in [0, 0.1) is 11.6 Å². The maximum Gasteiger partial charge on any atom is 0.141 e. The lowest BCUT2D eigenvalue weighted by Crippen LogP contribution is -2.33. The van der Waals surface area contributed by atoms with Gasteiger partial charge in [0.2, 0.25) is 0 Å². The van der Waals surface area contributed by atoms with Crippen molar-refractivity contribution in [3.8, 4) is 11.3 Å². The predicted molar refractivity (Wildman–Crippen MR) is 111 cm³/mol. The van der Waals surface area contributed by atoms with Crippen LogP contribution in [0.2, 0.25) is 0 Å². The Balaban J connectivity index is 1.85. The van der Waals surface area contributed by atoms with E-state index in [0.717, 1.165) is 35.5 Å². The largest absolute Gasteiger partial charge is 0.326 e. The van der Waals surface area contributed by atoms with Gasteiger partial charge in [0.15, 0.2) is 0 Å². The van der Waals surface area contributed by atoms with Crippen LogP contribution in [0.4, 0.5) is 14.6 Å². The van der Waals surface area contributed by atoms with E-state index in [0.29, 0.717) is 18.2 Å². The monoisotopic (exact) mass is 397 g/mol. The minimum absolute atomic E-state index is 0.104. The Bertz CT molecular complexity index is 1030. The summed E-state index contributed by atoms with van der Waals surface area (Å²) in [5.41, 5.74) is 3.04. The van der Waals surface area contributed by atoms with Crippen LogP contribution in [0.15, 0.2) is 37.2 Å². The molecule has 2 unspecified atom stereocenters. The first-order valence-corrected chi connectivity index (χ1v) is 9.96. The van der Waals surface area contributed by atoms with Crippen molar-refractivity contribution < 1.29 is 8.78 Å². The molecule has 2 atom stereocenters. The minimum atomic E-state index is -0.622. The molecular weight excluding hydrogens is 372 g/mol. The fourth-order valence-electron chi connectivity index (χ4n) is 3.94. The number of benzene rings is 1. The van der Waals surface area contributed by atoms with Gasteiger partial charge in [0.1, 0.15) is 17.5 Å². The number of anilines is 1. The SMILES string of the molecule is C=C(c1c(F)cccc1F)N1CCC(C)n2ncc(-c3[nH]ncc3C(C)CC)c21. The van der Waals surface area contributed by atoms with Gasteiger partial charge in [-0.05, 0) is 37.8 Å². The van der Waals surface area contributed by atoms with Gasteiger partial charge in [-0.2, -0.15) is 10.2 Å². The highest BCUT2D eigenvalue weighted by Gasteiger charge is 2.32. The smallest absolute Gasteiger partial charge is 0.141 e. The van der Waals surface area contributed by atoms with E-state index in [-0.39, 0.29) is 11.6 Å². The summed E-state index contributed by atoms with van der Waals surface area (Å²) in [6.45, 7) is 11.0. The Morgan fingerprint density at radius 1 is 1.31 bits per heavy atom. The molecule has 5 nitrogen and oxygen atoms in total. The van der Waals surface area contributed by atoms with Gasteiger partial charge in [-0.3, -0.25) is 5.10 Å². The van der Waals surface area contributed by atoms with Gasteiger partial charge in [-0.15, -0.1) is 0 Å². The first kappa shape index (κ1) is 19.4. The maximum atomic E-state index is 14.5. The molecule has 1 aliphatic heterocycles. The summed E-state index contributed by atoms with van der Waals surface area (Å²) in [6, 6.07) is 4.04. The topological polar surface area (TPSA) is 49.7 Å². The zero-order chi connectivity index (χ0) is 20.7.